The van der Waals surface area contributed by atoms with Gasteiger partial charge in [0.2, 0.25) is 5.91 Å². The van der Waals surface area contributed by atoms with Crippen molar-refractivity contribution < 1.29 is 14.3 Å². The first kappa shape index (κ1) is 21.0. The molecule has 2 aromatic carbocycles. The van der Waals surface area contributed by atoms with Crippen LogP contribution in [0.4, 0.5) is 5.69 Å². The van der Waals surface area contributed by atoms with E-state index < -0.39 is 11.9 Å². The van der Waals surface area contributed by atoms with Crippen LogP contribution in [0.15, 0.2) is 42.5 Å². The number of anilines is 1. The summed E-state index contributed by atoms with van der Waals surface area (Å²) in [6.45, 7) is 3.50. The molecule has 1 atom stereocenters. The molecule has 3 N–H and O–H groups in total. The van der Waals surface area contributed by atoms with Gasteiger partial charge < -0.3 is 10.1 Å². The van der Waals surface area contributed by atoms with Crippen LogP contribution in [0.3, 0.4) is 0 Å². The molecule has 0 radical (unpaired) electrons. The minimum absolute atomic E-state index is 0.170. The molecule has 0 heterocycles. The van der Waals surface area contributed by atoms with Crippen molar-refractivity contribution in [2.24, 2.45) is 0 Å². The van der Waals surface area contributed by atoms with Crippen molar-refractivity contribution in [3.63, 3.8) is 0 Å². The SMILES string of the molecule is CCc1ccc(OCC(=O)NNC(C)C(=O)Nc2cc(Cl)cc(Cl)c2)cc1. The molecule has 0 bridgehead atoms. The number of nitrogens with one attached hydrogen (secondary N) is 3. The molecule has 144 valence electrons. The predicted octanol–water partition coefficient (Wildman–Crippen LogP) is 3.58. The number of hydrazine groups is 1. The molecule has 0 spiro atoms. The average molecular weight is 410 g/mol. The lowest BCUT2D eigenvalue weighted by Crippen LogP contribution is -2.49. The van der Waals surface area contributed by atoms with Gasteiger partial charge in [0.25, 0.3) is 5.91 Å². The number of benzene rings is 2. The van der Waals surface area contributed by atoms with Crippen molar-refractivity contribution in [2.75, 3.05) is 11.9 Å². The molecule has 6 nitrogen and oxygen atoms in total. The summed E-state index contributed by atoms with van der Waals surface area (Å²) < 4.78 is 5.40. The zero-order valence-electron chi connectivity index (χ0n) is 15.0. The lowest BCUT2D eigenvalue weighted by Gasteiger charge is -2.15. The maximum atomic E-state index is 12.1. The number of ether oxygens (including phenoxy) is 1. The Labute approximate surface area is 168 Å². The van der Waals surface area contributed by atoms with Crippen molar-refractivity contribution in [3.8, 4) is 5.75 Å². The molecule has 0 fully saturated rings. The highest BCUT2D eigenvalue weighted by Crippen LogP contribution is 2.22. The molecule has 0 aliphatic carbocycles. The number of aryl methyl sites for hydroxylation is 1. The van der Waals surface area contributed by atoms with Gasteiger partial charge in [0.1, 0.15) is 11.8 Å². The van der Waals surface area contributed by atoms with Crippen LogP contribution >= 0.6 is 23.2 Å². The van der Waals surface area contributed by atoms with Crippen LogP contribution < -0.4 is 20.9 Å². The van der Waals surface area contributed by atoms with Gasteiger partial charge in [-0.05, 0) is 49.2 Å². The van der Waals surface area contributed by atoms with E-state index in [4.69, 9.17) is 27.9 Å². The minimum atomic E-state index is -0.685. The Hall–Kier alpha value is -2.28. The summed E-state index contributed by atoms with van der Waals surface area (Å²) in [5.74, 6) is -0.157. The number of carbonyl (C=O) groups excluding carboxylic acids is 2. The van der Waals surface area contributed by atoms with Crippen LogP contribution in [-0.2, 0) is 16.0 Å². The standard InChI is InChI=1S/C19H21Cl2N3O3/c1-3-13-4-6-17(7-5-13)27-11-18(25)24-23-12(2)19(26)22-16-9-14(20)8-15(21)10-16/h4-10,12,23H,3,11H2,1-2H3,(H,22,26)(H,24,25). The Morgan fingerprint density at radius 3 is 2.30 bits per heavy atom. The first-order chi connectivity index (χ1) is 12.9. The van der Waals surface area contributed by atoms with Gasteiger partial charge >= 0.3 is 0 Å². The van der Waals surface area contributed by atoms with E-state index in [1.54, 1.807) is 25.1 Å². The maximum Gasteiger partial charge on any atom is 0.272 e. The second kappa shape index (κ2) is 10.2. The second-order valence-electron chi connectivity index (χ2n) is 5.85. The van der Waals surface area contributed by atoms with Gasteiger partial charge in [-0.3, -0.25) is 15.0 Å². The Balaban J connectivity index is 1.75. The Morgan fingerprint density at radius 2 is 1.70 bits per heavy atom. The molecule has 0 aliphatic heterocycles. The van der Waals surface area contributed by atoms with E-state index in [1.165, 1.54) is 5.56 Å². The van der Waals surface area contributed by atoms with Crippen LogP contribution in [0, 0.1) is 0 Å². The van der Waals surface area contributed by atoms with Gasteiger partial charge in [0.15, 0.2) is 6.61 Å². The summed E-state index contributed by atoms with van der Waals surface area (Å²) in [6, 6.07) is 11.5. The topological polar surface area (TPSA) is 79.5 Å². The summed E-state index contributed by atoms with van der Waals surface area (Å²) in [7, 11) is 0. The van der Waals surface area contributed by atoms with E-state index in [9.17, 15) is 9.59 Å². The molecule has 0 saturated carbocycles. The number of rotatable bonds is 8. The summed E-state index contributed by atoms with van der Waals surface area (Å²) >= 11 is 11.8. The van der Waals surface area contributed by atoms with Gasteiger partial charge in [-0.25, -0.2) is 5.43 Å². The maximum absolute atomic E-state index is 12.1. The first-order valence-electron chi connectivity index (χ1n) is 8.40. The Morgan fingerprint density at radius 1 is 1.07 bits per heavy atom. The highest BCUT2D eigenvalue weighted by atomic mass is 35.5. The van der Waals surface area contributed by atoms with Gasteiger partial charge in [0.05, 0.1) is 0 Å². The lowest BCUT2D eigenvalue weighted by atomic mass is 10.2. The van der Waals surface area contributed by atoms with E-state index in [1.807, 2.05) is 24.3 Å². The third-order valence-electron chi connectivity index (χ3n) is 3.65. The minimum Gasteiger partial charge on any atom is -0.484 e. The third kappa shape index (κ3) is 7.09. The molecule has 2 amide bonds. The predicted molar refractivity (Wildman–Crippen MR) is 107 cm³/mol. The monoisotopic (exact) mass is 409 g/mol. The van der Waals surface area contributed by atoms with Gasteiger partial charge in [-0.1, -0.05) is 42.3 Å². The normalized spacial score (nSPS) is 11.6. The molecule has 1 unspecified atom stereocenters. The van der Waals surface area contributed by atoms with E-state index in [-0.39, 0.29) is 12.5 Å². The van der Waals surface area contributed by atoms with Crippen molar-refractivity contribution >= 4 is 40.7 Å². The molecule has 2 aromatic rings. The van der Waals surface area contributed by atoms with Crippen molar-refractivity contribution in [1.82, 2.24) is 10.9 Å². The van der Waals surface area contributed by atoms with E-state index >= 15 is 0 Å². The van der Waals surface area contributed by atoms with Gasteiger partial charge in [-0.2, -0.15) is 0 Å². The molecular weight excluding hydrogens is 389 g/mol. The quantitative estimate of drug-likeness (QED) is 0.582. The second-order valence-corrected chi connectivity index (χ2v) is 6.72. The fraction of sp³-hybridized carbons (Fsp3) is 0.263. The van der Waals surface area contributed by atoms with E-state index in [2.05, 4.69) is 23.1 Å². The fourth-order valence-electron chi connectivity index (χ4n) is 2.14. The Bertz CT molecular complexity index is 777. The highest BCUT2D eigenvalue weighted by Gasteiger charge is 2.14. The number of carbonyl (C=O) groups is 2. The number of halogens is 2. The van der Waals surface area contributed by atoms with E-state index in [0.717, 1.165) is 6.42 Å². The zero-order chi connectivity index (χ0) is 19.8. The molecule has 27 heavy (non-hydrogen) atoms. The van der Waals surface area contributed by atoms with Crippen molar-refractivity contribution in [3.05, 3.63) is 58.1 Å². The van der Waals surface area contributed by atoms with Crippen molar-refractivity contribution in [2.45, 2.75) is 26.3 Å². The van der Waals surface area contributed by atoms with E-state index in [0.29, 0.717) is 21.5 Å². The first-order valence-corrected chi connectivity index (χ1v) is 9.16. The molecular formula is C19H21Cl2N3O3. The summed E-state index contributed by atoms with van der Waals surface area (Å²) in [5.41, 5.74) is 6.72. The zero-order valence-corrected chi connectivity index (χ0v) is 16.5. The van der Waals surface area contributed by atoms with Crippen LogP contribution in [0.25, 0.3) is 0 Å². The largest absolute Gasteiger partial charge is 0.484 e. The number of hydrogen-bond donors (Lipinski definition) is 3. The molecule has 0 saturated heterocycles. The molecule has 0 aliphatic rings. The third-order valence-corrected chi connectivity index (χ3v) is 4.09. The van der Waals surface area contributed by atoms with Crippen LogP contribution in [0.1, 0.15) is 19.4 Å². The molecule has 0 aromatic heterocycles. The number of hydrogen-bond acceptors (Lipinski definition) is 4. The van der Waals surface area contributed by atoms with Crippen LogP contribution in [0.2, 0.25) is 10.0 Å². The summed E-state index contributed by atoms with van der Waals surface area (Å²) in [4.78, 5) is 24.0. The van der Waals surface area contributed by atoms with Crippen molar-refractivity contribution in [1.29, 1.82) is 0 Å². The summed E-state index contributed by atoms with van der Waals surface area (Å²) in [6.07, 6.45) is 0.937. The fourth-order valence-corrected chi connectivity index (χ4v) is 2.66. The average Bonchev–Trinajstić information content (AvgIpc) is 2.63. The molecule has 2 rings (SSSR count). The van der Waals surface area contributed by atoms with Crippen LogP contribution in [0.5, 0.6) is 5.75 Å². The van der Waals surface area contributed by atoms with Gasteiger partial charge in [0, 0.05) is 15.7 Å². The lowest BCUT2D eigenvalue weighted by molar-refractivity contribution is -0.125. The Kier molecular flexibility index (Phi) is 7.91. The highest BCUT2D eigenvalue weighted by molar-refractivity contribution is 6.35. The number of amides is 2. The van der Waals surface area contributed by atoms with Crippen LogP contribution in [-0.4, -0.2) is 24.5 Å². The van der Waals surface area contributed by atoms with Gasteiger partial charge in [-0.15, -0.1) is 0 Å². The molecule has 8 heteroatoms. The smallest absolute Gasteiger partial charge is 0.272 e. The summed E-state index contributed by atoms with van der Waals surface area (Å²) in [5, 5.41) is 3.49.